The number of halogens is 1. The first kappa shape index (κ1) is 24.5. The lowest BCUT2D eigenvalue weighted by molar-refractivity contribution is -0.143. The number of hydrogen-bond acceptors (Lipinski definition) is 5. The van der Waals surface area contributed by atoms with Crippen molar-refractivity contribution in [3.63, 3.8) is 0 Å². The molecule has 1 aliphatic rings. The predicted molar refractivity (Wildman–Crippen MR) is 126 cm³/mol. The van der Waals surface area contributed by atoms with Crippen LogP contribution in [0, 0.1) is 0 Å². The summed E-state index contributed by atoms with van der Waals surface area (Å²) in [6, 6.07) is 11.6. The van der Waals surface area contributed by atoms with Crippen LogP contribution in [-0.4, -0.2) is 25.2 Å². The van der Waals surface area contributed by atoms with Crippen molar-refractivity contribution in [3.05, 3.63) is 69.9 Å². The third-order valence-corrected chi connectivity index (χ3v) is 5.45. The van der Waals surface area contributed by atoms with E-state index in [0.29, 0.717) is 39.8 Å². The summed E-state index contributed by atoms with van der Waals surface area (Å²) in [6.45, 7) is 5.79. The highest BCUT2D eigenvalue weighted by Gasteiger charge is 2.34. The van der Waals surface area contributed by atoms with Crippen molar-refractivity contribution < 1.29 is 23.8 Å². The summed E-state index contributed by atoms with van der Waals surface area (Å²) in [5.41, 5.74) is 2.44. The van der Waals surface area contributed by atoms with Gasteiger partial charge in [0.2, 0.25) is 0 Å². The van der Waals surface area contributed by atoms with Crippen LogP contribution in [0.1, 0.15) is 50.8 Å². The molecule has 33 heavy (non-hydrogen) atoms. The molecular weight excluding hydrogens is 444 g/mol. The fourth-order valence-electron chi connectivity index (χ4n) is 3.59. The Labute approximate surface area is 199 Å². The van der Waals surface area contributed by atoms with Crippen LogP contribution in [0.4, 0.5) is 4.79 Å². The third kappa shape index (κ3) is 5.99. The van der Waals surface area contributed by atoms with Crippen LogP contribution in [0.25, 0.3) is 0 Å². The van der Waals surface area contributed by atoms with Gasteiger partial charge in [-0.1, -0.05) is 49.2 Å². The number of rotatable bonds is 9. The molecule has 2 amide bonds. The molecule has 8 heteroatoms. The Hall–Kier alpha value is -3.19. The van der Waals surface area contributed by atoms with Gasteiger partial charge in [0, 0.05) is 16.3 Å². The molecule has 0 spiro atoms. The molecule has 176 valence electrons. The number of carbonyl (C=O) groups excluding carboxylic acids is 2. The fourth-order valence-corrected chi connectivity index (χ4v) is 3.78. The quantitative estimate of drug-likeness (QED) is 0.484. The molecule has 2 N–H and O–H groups in total. The summed E-state index contributed by atoms with van der Waals surface area (Å²) < 4.78 is 17.0. The molecule has 0 aliphatic carbocycles. The summed E-state index contributed by atoms with van der Waals surface area (Å²) in [5, 5.41) is 6.22. The van der Waals surface area contributed by atoms with Gasteiger partial charge >= 0.3 is 12.0 Å². The second kappa shape index (κ2) is 11.1. The summed E-state index contributed by atoms with van der Waals surface area (Å²) >= 11 is 6.25. The predicted octanol–water partition coefficient (Wildman–Crippen LogP) is 5.29. The maximum absolute atomic E-state index is 13.0. The first-order valence-corrected chi connectivity index (χ1v) is 11.3. The van der Waals surface area contributed by atoms with Crippen molar-refractivity contribution in [3.8, 4) is 11.5 Å². The largest absolute Gasteiger partial charge is 0.493 e. The highest BCUT2D eigenvalue weighted by molar-refractivity contribution is 6.31. The average molecular weight is 473 g/mol. The van der Waals surface area contributed by atoms with Crippen LogP contribution in [0.3, 0.4) is 0 Å². The first-order valence-electron chi connectivity index (χ1n) is 10.9. The van der Waals surface area contributed by atoms with Crippen LogP contribution in [0.15, 0.2) is 53.7 Å². The Morgan fingerprint density at radius 1 is 1.15 bits per heavy atom. The molecule has 0 bridgehead atoms. The molecule has 0 radical (unpaired) electrons. The van der Waals surface area contributed by atoms with E-state index in [-0.39, 0.29) is 18.7 Å². The van der Waals surface area contributed by atoms with Gasteiger partial charge in [0.15, 0.2) is 11.5 Å². The molecule has 1 unspecified atom stereocenters. The summed E-state index contributed by atoms with van der Waals surface area (Å²) in [4.78, 5) is 25.4. The Balaban J connectivity index is 1.99. The first-order chi connectivity index (χ1) is 15.8. The molecule has 1 aliphatic heterocycles. The second-order valence-corrected chi connectivity index (χ2v) is 8.33. The molecule has 1 heterocycles. The normalized spacial score (nSPS) is 15.7. The van der Waals surface area contributed by atoms with E-state index in [2.05, 4.69) is 10.6 Å². The Bertz CT molecular complexity index is 1050. The fraction of sp³-hybridized carbons (Fsp3) is 0.360. The third-order valence-electron chi connectivity index (χ3n) is 5.08. The highest BCUT2D eigenvalue weighted by Crippen LogP contribution is 2.36. The van der Waals surface area contributed by atoms with Gasteiger partial charge in [-0.3, -0.25) is 0 Å². The zero-order chi connectivity index (χ0) is 24.0. The molecule has 0 aromatic heterocycles. The number of benzene rings is 2. The van der Waals surface area contributed by atoms with E-state index in [9.17, 15) is 9.59 Å². The molecule has 2 aromatic rings. The second-order valence-electron chi connectivity index (χ2n) is 7.92. The number of amides is 2. The zero-order valence-electron chi connectivity index (χ0n) is 19.2. The van der Waals surface area contributed by atoms with Gasteiger partial charge in [0.1, 0.15) is 6.61 Å². The number of nitrogens with one attached hydrogen (secondary N) is 2. The number of allylic oxidation sites excluding steroid dienone is 1. The molecule has 0 saturated heterocycles. The van der Waals surface area contributed by atoms with Crippen LogP contribution in [-0.2, 0) is 16.1 Å². The summed E-state index contributed by atoms with van der Waals surface area (Å²) in [6.07, 6.45) is 1.00. The minimum atomic E-state index is -0.694. The molecule has 1 atom stereocenters. The minimum Gasteiger partial charge on any atom is -0.493 e. The van der Waals surface area contributed by atoms with Crippen LogP contribution in [0.2, 0.25) is 5.02 Å². The number of urea groups is 1. The van der Waals surface area contributed by atoms with Gasteiger partial charge in [0.05, 0.1) is 24.8 Å². The summed E-state index contributed by atoms with van der Waals surface area (Å²) in [5.74, 6) is 0.520. The maximum Gasteiger partial charge on any atom is 0.338 e. The van der Waals surface area contributed by atoms with Gasteiger partial charge in [0.25, 0.3) is 0 Å². The molecule has 2 aromatic carbocycles. The van der Waals surface area contributed by atoms with Gasteiger partial charge in [-0.2, -0.15) is 0 Å². The van der Waals surface area contributed by atoms with E-state index in [1.54, 1.807) is 45.2 Å². The monoisotopic (exact) mass is 472 g/mol. The van der Waals surface area contributed by atoms with E-state index in [4.69, 9.17) is 25.8 Å². The number of hydrogen-bond donors (Lipinski definition) is 2. The molecule has 7 nitrogen and oxygen atoms in total. The highest BCUT2D eigenvalue weighted by atomic mass is 35.5. The van der Waals surface area contributed by atoms with Gasteiger partial charge in [-0.15, -0.1) is 0 Å². The molecule has 0 fully saturated rings. The van der Waals surface area contributed by atoms with E-state index >= 15 is 0 Å². The minimum absolute atomic E-state index is 0.233. The van der Waals surface area contributed by atoms with Crippen LogP contribution in [0.5, 0.6) is 11.5 Å². The number of carbonyl (C=O) groups is 2. The van der Waals surface area contributed by atoms with E-state index in [1.165, 1.54) is 0 Å². The van der Waals surface area contributed by atoms with Crippen molar-refractivity contribution in [1.29, 1.82) is 0 Å². The van der Waals surface area contributed by atoms with Crippen LogP contribution < -0.4 is 20.1 Å². The van der Waals surface area contributed by atoms with E-state index < -0.39 is 12.0 Å². The Morgan fingerprint density at radius 2 is 1.91 bits per heavy atom. The number of esters is 1. The van der Waals surface area contributed by atoms with Gasteiger partial charge < -0.3 is 24.8 Å². The van der Waals surface area contributed by atoms with Crippen molar-refractivity contribution in [2.75, 3.05) is 7.11 Å². The number of methoxy groups -OCH3 is 1. The van der Waals surface area contributed by atoms with Crippen molar-refractivity contribution >= 4 is 23.6 Å². The van der Waals surface area contributed by atoms with E-state index in [1.807, 2.05) is 25.1 Å². The van der Waals surface area contributed by atoms with Crippen LogP contribution >= 0.6 is 11.6 Å². The molecule has 3 rings (SSSR count). The van der Waals surface area contributed by atoms with Gasteiger partial charge in [-0.25, -0.2) is 9.59 Å². The standard InChI is InChI=1S/C25H29ClN2O5/c1-5-8-19-22(24(29)33-15(2)3)23(28-25(30)27-19)16-11-12-20(31-4)21(13-16)32-14-17-9-6-7-10-18(17)26/h6-7,9-13,15,23H,5,8,14H2,1-4H3,(H2,27,28,30). The Kier molecular flexibility index (Phi) is 8.22. The van der Waals surface area contributed by atoms with Crippen molar-refractivity contribution in [1.82, 2.24) is 10.6 Å². The summed E-state index contributed by atoms with van der Waals surface area (Å²) in [7, 11) is 1.55. The average Bonchev–Trinajstić information content (AvgIpc) is 2.77. The lowest BCUT2D eigenvalue weighted by atomic mass is 9.93. The SMILES string of the molecule is CCCC1=C(C(=O)OC(C)C)C(c2ccc(OC)c(OCc3ccccc3Cl)c2)NC(=O)N1. The number of ether oxygens (including phenoxy) is 3. The van der Waals surface area contributed by atoms with Crippen molar-refractivity contribution in [2.24, 2.45) is 0 Å². The lowest BCUT2D eigenvalue weighted by Gasteiger charge is -2.30. The smallest absolute Gasteiger partial charge is 0.338 e. The lowest BCUT2D eigenvalue weighted by Crippen LogP contribution is -2.46. The van der Waals surface area contributed by atoms with Gasteiger partial charge in [-0.05, 0) is 44.0 Å². The topological polar surface area (TPSA) is 85.9 Å². The Morgan fingerprint density at radius 3 is 2.58 bits per heavy atom. The van der Waals surface area contributed by atoms with E-state index in [0.717, 1.165) is 12.0 Å². The van der Waals surface area contributed by atoms with Crippen molar-refractivity contribution in [2.45, 2.75) is 52.4 Å². The maximum atomic E-state index is 13.0. The molecule has 0 saturated carbocycles. The molecular formula is C25H29ClN2O5. The zero-order valence-corrected chi connectivity index (χ0v) is 20.0.